The Morgan fingerprint density at radius 3 is 2.37 bits per heavy atom. The van der Waals surface area contributed by atoms with Gasteiger partial charge in [-0.2, -0.15) is 0 Å². The molecule has 150 valence electrons. The third-order valence-corrected chi connectivity index (χ3v) is 4.06. The minimum Gasteiger partial charge on any atom is -0.484 e. The van der Waals surface area contributed by atoms with Crippen molar-refractivity contribution in [2.45, 2.75) is 37.3 Å². The molecular weight excluding hydrogens is 384 g/mol. The quantitative estimate of drug-likeness (QED) is 0.504. The number of hydrogen-bond donors (Lipinski definition) is 2. The second-order valence-corrected chi connectivity index (χ2v) is 8.52. The van der Waals surface area contributed by atoms with E-state index >= 15 is 0 Å². The molecule has 0 saturated carbocycles. The van der Waals surface area contributed by atoms with Gasteiger partial charge in [0.1, 0.15) is 12.2 Å². The van der Waals surface area contributed by atoms with Crippen molar-refractivity contribution >= 4 is 27.6 Å². The van der Waals surface area contributed by atoms with Gasteiger partial charge in [0.25, 0.3) is 0 Å². The predicted octanol–water partition coefficient (Wildman–Crippen LogP) is 1.35. The van der Waals surface area contributed by atoms with E-state index in [0.29, 0.717) is 0 Å². The Balaban J connectivity index is 2.97. The molecule has 0 aliphatic heterocycles. The lowest BCUT2D eigenvalue weighted by Gasteiger charge is -2.22. The Hall–Kier alpha value is -2.89. The second-order valence-electron chi connectivity index (χ2n) is 6.51. The SMILES string of the molecule is CC(C)(C)OC(=O)N[C@@H](COc1ccc(S(C)(=O)=O)cc1[N+](=O)[O-])C(=O)O. The fraction of sp³-hybridized carbons (Fsp3) is 0.467. The maximum absolute atomic E-state index is 11.7. The molecule has 0 bridgehead atoms. The lowest BCUT2D eigenvalue weighted by atomic mass is 10.2. The van der Waals surface area contributed by atoms with E-state index in [0.717, 1.165) is 24.5 Å². The van der Waals surface area contributed by atoms with Gasteiger partial charge in [-0.1, -0.05) is 0 Å². The number of aliphatic carboxylic acids is 1. The normalized spacial score (nSPS) is 12.7. The van der Waals surface area contributed by atoms with Gasteiger partial charge in [-0.3, -0.25) is 10.1 Å². The highest BCUT2D eigenvalue weighted by molar-refractivity contribution is 7.90. The average molecular weight is 404 g/mol. The van der Waals surface area contributed by atoms with Crippen LogP contribution < -0.4 is 10.1 Å². The maximum Gasteiger partial charge on any atom is 0.408 e. The van der Waals surface area contributed by atoms with Gasteiger partial charge in [-0.05, 0) is 32.9 Å². The molecular formula is C15H20N2O9S. The fourth-order valence-electron chi connectivity index (χ4n) is 1.79. The molecule has 11 nitrogen and oxygen atoms in total. The standard InChI is InChI=1S/C15H20N2O9S/c1-15(2,3)26-14(20)16-10(13(18)19)8-25-12-6-5-9(27(4,23)24)7-11(12)17(21)22/h5-7,10H,8H2,1-4H3,(H,16,20)(H,18,19)/t10-/m0/s1. The first-order valence-corrected chi connectivity index (χ1v) is 9.43. The third kappa shape index (κ3) is 7.09. The zero-order chi connectivity index (χ0) is 21.0. The van der Waals surface area contributed by atoms with E-state index < -0.39 is 50.8 Å². The second kappa shape index (κ2) is 8.20. The summed E-state index contributed by atoms with van der Waals surface area (Å²) in [5.41, 5.74) is -1.51. The van der Waals surface area contributed by atoms with Gasteiger partial charge in [0.05, 0.1) is 9.82 Å². The lowest BCUT2D eigenvalue weighted by Crippen LogP contribution is -2.46. The smallest absolute Gasteiger partial charge is 0.408 e. The number of carboxylic acid groups (broad SMARTS) is 1. The van der Waals surface area contributed by atoms with Crippen LogP contribution >= 0.6 is 0 Å². The van der Waals surface area contributed by atoms with Crippen molar-refractivity contribution < 1.29 is 37.5 Å². The summed E-state index contributed by atoms with van der Waals surface area (Å²) in [4.78, 5) is 32.9. The van der Waals surface area contributed by atoms with Gasteiger partial charge in [0.2, 0.25) is 0 Å². The van der Waals surface area contributed by atoms with Crippen molar-refractivity contribution in [3.63, 3.8) is 0 Å². The number of alkyl carbamates (subject to hydrolysis) is 1. The number of carboxylic acids is 1. The van der Waals surface area contributed by atoms with Crippen LogP contribution in [0.15, 0.2) is 23.1 Å². The van der Waals surface area contributed by atoms with Gasteiger partial charge in [-0.25, -0.2) is 18.0 Å². The summed E-state index contributed by atoms with van der Waals surface area (Å²) in [6.07, 6.45) is -0.113. The highest BCUT2D eigenvalue weighted by Crippen LogP contribution is 2.29. The first kappa shape index (κ1) is 22.2. The third-order valence-electron chi connectivity index (χ3n) is 2.95. The number of amides is 1. The van der Waals surface area contributed by atoms with E-state index in [1.165, 1.54) is 0 Å². The van der Waals surface area contributed by atoms with E-state index in [1.54, 1.807) is 20.8 Å². The lowest BCUT2D eigenvalue weighted by molar-refractivity contribution is -0.386. The maximum atomic E-state index is 11.7. The molecule has 1 aromatic rings. The minimum atomic E-state index is -3.68. The molecule has 0 aliphatic rings. The van der Waals surface area contributed by atoms with Gasteiger partial charge in [0, 0.05) is 12.3 Å². The summed E-state index contributed by atoms with van der Waals surface area (Å²) >= 11 is 0. The molecule has 1 aromatic carbocycles. The van der Waals surface area contributed by atoms with Crippen LogP contribution in [-0.4, -0.2) is 55.0 Å². The Morgan fingerprint density at radius 1 is 1.33 bits per heavy atom. The highest BCUT2D eigenvalue weighted by Gasteiger charge is 2.26. The van der Waals surface area contributed by atoms with Gasteiger partial charge in [0.15, 0.2) is 21.6 Å². The van der Waals surface area contributed by atoms with Crippen molar-refractivity contribution in [2.75, 3.05) is 12.9 Å². The van der Waals surface area contributed by atoms with Crippen LogP contribution in [0.1, 0.15) is 20.8 Å². The van der Waals surface area contributed by atoms with E-state index in [1.807, 2.05) is 0 Å². The number of sulfone groups is 1. The van der Waals surface area contributed by atoms with Gasteiger partial charge >= 0.3 is 17.7 Å². The average Bonchev–Trinajstić information content (AvgIpc) is 2.48. The Kier molecular flexibility index (Phi) is 6.73. The Labute approximate surface area is 155 Å². The van der Waals surface area contributed by atoms with E-state index in [4.69, 9.17) is 14.6 Å². The molecule has 2 N–H and O–H groups in total. The van der Waals surface area contributed by atoms with Crippen molar-refractivity contribution in [3.8, 4) is 5.75 Å². The zero-order valence-corrected chi connectivity index (χ0v) is 15.9. The molecule has 1 atom stereocenters. The number of nitro benzene ring substituents is 1. The largest absolute Gasteiger partial charge is 0.484 e. The molecule has 0 heterocycles. The van der Waals surface area contributed by atoms with Crippen molar-refractivity contribution in [1.82, 2.24) is 5.32 Å². The molecule has 1 rings (SSSR count). The molecule has 1 amide bonds. The molecule has 0 fully saturated rings. The fourth-order valence-corrected chi connectivity index (χ4v) is 2.43. The van der Waals surface area contributed by atoms with Crippen LogP contribution in [0, 0.1) is 10.1 Å². The van der Waals surface area contributed by atoms with Crippen LogP contribution in [0.3, 0.4) is 0 Å². The topological polar surface area (TPSA) is 162 Å². The molecule has 0 aromatic heterocycles. The molecule has 12 heteroatoms. The number of nitrogens with one attached hydrogen (secondary N) is 1. The summed E-state index contributed by atoms with van der Waals surface area (Å²) in [7, 11) is -3.68. The number of ether oxygens (including phenoxy) is 2. The molecule has 0 radical (unpaired) electrons. The number of nitrogens with zero attached hydrogens (tertiary/aromatic N) is 1. The first-order valence-electron chi connectivity index (χ1n) is 7.54. The van der Waals surface area contributed by atoms with Gasteiger partial charge < -0.3 is 19.9 Å². The molecule has 0 spiro atoms. The van der Waals surface area contributed by atoms with Gasteiger partial charge in [-0.15, -0.1) is 0 Å². The molecule has 0 unspecified atom stereocenters. The number of rotatable bonds is 7. The van der Waals surface area contributed by atoms with E-state index in [2.05, 4.69) is 5.32 Å². The Bertz CT molecular complexity index is 843. The number of benzene rings is 1. The van der Waals surface area contributed by atoms with Crippen molar-refractivity contribution in [2.24, 2.45) is 0 Å². The van der Waals surface area contributed by atoms with Crippen LogP contribution in [0.25, 0.3) is 0 Å². The molecule has 27 heavy (non-hydrogen) atoms. The predicted molar refractivity (Wildman–Crippen MR) is 92.5 cm³/mol. The molecule has 0 saturated heterocycles. The number of hydrogen-bond acceptors (Lipinski definition) is 8. The van der Waals surface area contributed by atoms with Crippen molar-refractivity contribution in [1.29, 1.82) is 0 Å². The summed E-state index contributed by atoms with van der Waals surface area (Å²) < 4.78 is 33.1. The summed E-state index contributed by atoms with van der Waals surface area (Å²) in [6, 6.07) is 1.39. The van der Waals surface area contributed by atoms with Crippen LogP contribution in [0.2, 0.25) is 0 Å². The Morgan fingerprint density at radius 2 is 1.93 bits per heavy atom. The number of carbonyl (C=O) groups excluding carboxylic acids is 1. The molecule has 0 aliphatic carbocycles. The van der Waals surface area contributed by atoms with Crippen molar-refractivity contribution in [3.05, 3.63) is 28.3 Å². The van der Waals surface area contributed by atoms with Crippen LogP contribution in [0.5, 0.6) is 5.75 Å². The van der Waals surface area contributed by atoms with Crippen LogP contribution in [-0.2, 0) is 19.4 Å². The highest BCUT2D eigenvalue weighted by atomic mass is 32.2. The zero-order valence-electron chi connectivity index (χ0n) is 15.1. The van der Waals surface area contributed by atoms with E-state index in [9.17, 15) is 28.1 Å². The van der Waals surface area contributed by atoms with E-state index in [-0.39, 0.29) is 10.6 Å². The monoisotopic (exact) mass is 404 g/mol. The minimum absolute atomic E-state index is 0.289. The van der Waals surface area contributed by atoms with Crippen LogP contribution in [0.4, 0.5) is 10.5 Å². The number of nitro groups is 1. The summed E-state index contributed by atoms with van der Waals surface area (Å²) in [6.45, 7) is 4.12. The first-order chi connectivity index (χ1) is 12.2. The number of carbonyl (C=O) groups is 2. The summed E-state index contributed by atoms with van der Waals surface area (Å²) in [5, 5.41) is 22.4. The summed E-state index contributed by atoms with van der Waals surface area (Å²) in [5.74, 6) is -1.79.